The van der Waals surface area contributed by atoms with Crippen LogP contribution in [0.5, 0.6) is 0 Å². The Balaban J connectivity index is 2.09. The van der Waals surface area contributed by atoms with E-state index in [2.05, 4.69) is 20.8 Å². The highest BCUT2D eigenvalue weighted by Crippen LogP contribution is 2.43. The van der Waals surface area contributed by atoms with E-state index in [1.807, 2.05) is 12.1 Å². The molecule has 1 aromatic rings. The Bertz CT molecular complexity index is 358. The van der Waals surface area contributed by atoms with Crippen molar-refractivity contribution in [3.8, 4) is 0 Å². The second-order valence-corrected chi connectivity index (χ2v) is 6.48. The van der Waals surface area contributed by atoms with Crippen LogP contribution >= 0.6 is 0 Å². The Morgan fingerprint density at radius 1 is 1.06 bits per heavy atom. The first kappa shape index (κ1) is 12.6. The Morgan fingerprint density at radius 3 is 2.29 bits per heavy atom. The highest BCUT2D eigenvalue weighted by Gasteiger charge is 2.31. The zero-order valence-electron chi connectivity index (χ0n) is 11.2. The molecule has 1 aromatic carbocycles. The summed E-state index contributed by atoms with van der Waals surface area (Å²) in [6.45, 7) is 7.01. The summed E-state index contributed by atoms with van der Waals surface area (Å²) in [5.74, 6) is 1.30. The SMILES string of the molecule is CC(C)(C)[C@H]1CCC[C@H](c2ccc(F)cc2)C1. The van der Waals surface area contributed by atoms with E-state index in [4.69, 9.17) is 0 Å². The van der Waals surface area contributed by atoms with E-state index in [0.717, 1.165) is 5.92 Å². The molecule has 1 heteroatoms. The van der Waals surface area contributed by atoms with Gasteiger partial charge in [-0.1, -0.05) is 39.3 Å². The van der Waals surface area contributed by atoms with Gasteiger partial charge in [-0.05, 0) is 54.2 Å². The van der Waals surface area contributed by atoms with Gasteiger partial charge in [0.2, 0.25) is 0 Å². The maximum absolute atomic E-state index is 12.9. The quantitative estimate of drug-likeness (QED) is 0.630. The van der Waals surface area contributed by atoms with Gasteiger partial charge in [-0.2, -0.15) is 0 Å². The molecule has 1 saturated carbocycles. The summed E-state index contributed by atoms with van der Waals surface area (Å²) in [4.78, 5) is 0. The third kappa shape index (κ3) is 3.08. The van der Waals surface area contributed by atoms with Crippen LogP contribution < -0.4 is 0 Å². The van der Waals surface area contributed by atoms with Gasteiger partial charge in [-0.25, -0.2) is 4.39 Å². The molecule has 1 aliphatic rings. The first-order chi connectivity index (χ1) is 7.97. The van der Waals surface area contributed by atoms with Crippen LogP contribution in [-0.4, -0.2) is 0 Å². The van der Waals surface area contributed by atoms with Crippen LogP contribution in [0, 0.1) is 17.2 Å². The zero-order valence-corrected chi connectivity index (χ0v) is 11.2. The van der Waals surface area contributed by atoms with Gasteiger partial charge in [-0.15, -0.1) is 0 Å². The highest BCUT2D eigenvalue weighted by atomic mass is 19.1. The lowest BCUT2D eigenvalue weighted by molar-refractivity contribution is 0.165. The number of benzene rings is 1. The third-order valence-corrected chi connectivity index (χ3v) is 4.24. The maximum atomic E-state index is 12.9. The molecule has 2 atom stereocenters. The molecular formula is C16H23F. The van der Waals surface area contributed by atoms with Gasteiger partial charge in [0.1, 0.15) is 5.82 Å². The van der Waals surface area contributed by atoms with Crippen molar-refractivity contribution in [3.05, 3.63) is 35.6 Å². The Labute approximate surface area is 104 Å². The van der Waals surface area contributed by atoms with Gasteiger partial charge in [-0.3, -0.25) is 0 Å². The predicted molar refractivity (Wildman–Crippen MR) is 70.6 cm³/mol. The van der Waals surface area contributed by atoms with Gasteiger partial charge in [0.15, 0.2) is 0 Å². The molecule has 0 radical (unpaired) electrons. The van der Waals surface area contributed by atoms with Crippen molar-refractivity contribution in [3.63, 3.8) is 0 Å². The molecule has 0 unspecified atom stereocenters. The van der Waals surface area contributed by atoms with E-state index in [9.17, 15) is 4.39 Å². The van der Waals surface area contributed by atoms with E-state index >= 15 is 0 Å². The van der Waals surface area contributed by atoms with E-state index < -0.39 is 0 Å². The standard InChI is InChI=1S/C16H23F/c1-16(2,3)14-6-4-5-13(11-14)12-7-9-15(17)10-8-12/h7-10,13-14H,4-6,11H2,1-3H3/t13-,14-/m0/s1. The zero-order chi connectivity index (χ0) is 12.5. The van der Waals surface area contributed by atoms with Crippen LogP contribution in [0.2, 0.25) is 0 Å². The molecule has 0 saturated heterocycles. The molecule has 94 valence electrons. The molecule has 0 amide bonds. The van der Waals surface area contributed by atoms with E-state index in [1.54, 1.807) is 12.1 Å². The van der Waals surface area contributed by atoms with Crippen LogP contribution in [0.4, 0.5) is 4.39 Å². The first-order valence-corrected chi connectivity index (χ1v) is 6.72. The van der Waals surface area contributed by atoms with Crippen LogP contribution in [-0.2, 0) is 0 Å². The molecule has 17 heavy (non-hydrogen) atoms. The average Bonchev–Trinajstić information content (AvgIpc) is 2.29. The van der Waals surface area contributed by atoms with Gasteiger partial charge < -0.3 is 0 Å². The lowest BCUT2D eigenvalue weighted by atomic mass is 9.68. The summed E-state index contributed by atoms with van der Waals surface area (Å²) in [5.41, 5.74) is 1.72. The van der Waals surface area contributed by atoms with E-state index in [0.29, 0.717) is 11.3 Å². The fourth-order valence-corrected chi connectivity index (χ4v) is 3.01. The van der Waals surface area contributed by atoms with Crippen LogP contribution in [0.15, 0.2) is 24.3 Å². The number of rotatable bonds is 1. The van der Waals surface area contributed by atoms with Gasteiger partial charge in [0, 0.05) is 0 Å². The fourth-order valence-electron chi connectivity index (χ4n) is 3.01. The second kappa shape index (κ2) is 4.80. The largest absolute Gasteiger partial charge is 0.207 e. The maximum Gasteiger partial charge on any atom is 0.123 e. The lowest BCUT2D eigenvalue weighted by Gasteiger charge is -2.38. The third-order valence-electron chi connectivity index (χ3n) is 4.24. The Kier molecular flexibility index (Phi) is 3.56. The molecule has 0 spiro atoms. The molecule has 0 aliphatic heterocycles. The summed E-state index contributed by atoms with van der Waals surface area (Å²) in [6.07, 6.45) is 5.18. The molecular weight excluding hydrogens is 211 g/mol. The minimum absolute atomic E-state index is 0.128. The minimum atomic E-state index is -0.128. The first-order valence-electron chi connectivity index (χ1n) is 6.72. The van der Waals surface area contributed by atoms with Crippen LogP contribution in [0.3, 0.4) is 0 Å². The van der Waals surface area contributed by atoms with Crippen molar-refractivity contribution in [2.24, 2.45) is 11.3 Å². The van der Waals surface area contributed by atoms with Gasteiger partial charge >= 0.3 is 0 Å². The normalized spacial score (nSPS) is 25.9. The van der Waals surface area contributed by atoms with Crippen molar-refractivity contribution < 1.29 is 4.39 Å². The van der Waals surface area contributed by atoms with E-state index in [-0.39, 0.29) is 5.82 Å². The van der Waals surface area contributed by atoms with Crippen molar-refractivity contribution in [2.45, 2.75) is 52.4 Å². The van der Waals surface area contributed by atoms with Crippen LogP contribution in [0.1, 0.15) is 57.9 Å². The predicted octanol–water partition coefficient (Wildman–Crippen LogP) is 5.15. The van der Waals surface area contributed by atoms with Gasteiger partial charge in [0.25, 0.3) is 0 Å². The van der Waals surface area contributed by atoms with Crippen molar-refractivity contribution >= 4 is 0 Å². The fraction of sp³-hybridized carbons (Fsp3) is 0.625. The summed E-state index contributed by atoms with van der Waals surface area (Å²) < 4.78 is 12.9. The highest BCUT2D eigenvalue weighted by molar-refractivity contribution is 5.21. The molecule has 0 N–H and O–H groups in total. The summed E-state index contributed by atoms with van der Waals surface area (Å²) in [7, 11) is 0. The average molecular weight is 234 g/mol. The monoisotopic (exact) mass is 234 g/mol. The number of halogens is 1. The molecule has 1 fully saturated rings. The molecule has 0 nitrogen and oxygen atoms in total. The van der Waals surface area contributed by atoms with Crippen LogP contribution in [0.25, 0.3) is 0 Å². The summed E-state index contributed by atoms with van der Waals surface area (Å²) in [5, 5.41) is 0. The number of hydrogen-bond acceptors (Lipinski definition) is 0. The molecule has 0 aromatic heterocycles. The smallest absolute Gasteiger partial charge is 0.123 e. The second-order valence-electron chi connectivity index (χ2n) is 6.48. The molecule has 0 heterocycles. The topological polar surface area (TPSA) is 0 Å². The Hall–Kier alpha value is -0.850. The Morgan fingerprint density at radius 2 is 1.71 bits per heavy atom. The summed E-state index contributed by atoms with van der Waals surface area (Å²) >= 11 is 0. The number of hydrogen-bond donors (Lipinski definition) is 0. The van der Waals surface area contributed by atoms with Crippen molar-refractivity contribution in [2.75, 3.05) is 0 Å². The van der Waals surface area contributed by atoms with Crippen molar-refractivity contribution in [1.29, 1.82) is 0 Å². The van der Waals surface area contributed by atoms with E-state index in [1.165, 1.54) is 31.2 Å². The molecule has 2 rings (SSSR count). The van der Waals surface area contributed by atoms with Crippen molar-refractivity contribution in [1.82, 2.24) is 0 Å². The minimum Gasteiger partial charge on any atom is -0.207 e. The molecule has 1 aliphatic carbocycles. The van der Waals surface area contributed by atoms with Gasteiger partial charge in [0.05, 0.1) is 0 Å². The molecule has 0 bridgehead atoms. The summed E-state index contributed by atoms with van der Waals surface area (Å²) in [6, 6.07) is 7.11. The lowest BCUT2D eigenvalue weighted by Crippen LogP contribution is -2.26.